The van der Waals surface area contributed by atoms with Crippen LogP contribution in [0.2, 0.25) is 0 Å². The van der Waals surface area contributed by atoms with Gasteiger partial charge in [-0.3, -0.25) is 14.4 Å². The van der Waals surface area contributed by atoms with Gasteiger partial charge in [0, 0.05) is 0 Å². The van der Waals surface area contributed by atoms with Crippen LogP contribution >= 0.6 is 0 Å². The van der Waals surface area contributed by atoms with Gasteiger partial charge < -0.3 is 25.8 Å². The standard InChI is InChI=1S/C22H29N3O6/c1-12(2)18-21(29)25-17(7-5-6-15-8-10-16(26)11-9-15)20(28)23-13(3)19(27)24-14(4)22(30)31-18/h8-12,14,17-18,26H,3,5-7H2,1-2,4H3,(H,23,28)(H,24,27)(H,25,29)/t14-,17-,18?/m0/s1. The number of esters is 1. The maximum atomic E-state index is 12.8. The van der Waals surface area contributed by atoms with E-state index in [0.29, 0.717) is 12.8 Å². The summed E-state index contributed by atoms with van der Waals surface area (Å²) in [6, 6.07) is 4.73. The van der Waals surface area contributed by atoms with Crippen molar-refractivity contribution in [2.75, 3.05) is 0 Å². The number of ether oxygens (including phenoxy) is 1. The Morgan fingerprint density at radius 3 is 2.32 bits per heavy atom. The van der Waals surface area contributed by atoms with Crippen molar-refractivity contribution in [3.05, 3.63) is 42.1 Å². The van der Waals surface area contributed by atoms with Crippen LogP contribution < -0.4 is 16.0 Å². The first-order valence-electron chi connectivity index (χ1n) is 10.2. The first-order chi connectivity index (χ1) is 14.6. The summed E-state index contributed by atoms with van der Waals surface area (Å²) < 4.78 is 5.31. The van der Waals surface area contributed by atoms with E-state index in [1.807, 2.05) is 0 Å². The number of amides is 3. The minimum atomic E-state index is -1.11. The number of hydrogen-bond donors (Lipinski definition) is 4. The zero-order chi connectivity index (χ0) is 23.1. The second-order valence-electron chi connectivity index (χ2n) is 7.88. The van der Waals surface area contributed by atoms with Crippen molar-refractivity contribution in [2.24, 2.45) is 5.92 Å². The maximum absolute atomic E-state index is 12.8. The largest absolute Gasteiger partial charge is 0.508 e. The smallest absolute Gasteiger partial charge is 0.329 e. The number of aromatic hydroxyl groups is 1. The Kier molecular flexibility index (Phi) is 8.18. The van der Waals surface area contributed by atoms with Gasteiger partial charge in [0.25, 0.3) is 11.8 Å². The van der Waals surface area contributed by atoms with Crippen molar-refractivity contribution in [1.29, 1.82) is 0 Å². The fraction of sp³-hybridized carbons (Fsp3) is 0.455. The molecule has 1 aromatic carbocycles. The Morgan fingerprint density at radius 2 is 1.71 bits per heavy atom. The zero-order valence-electron chi connectivity index (χ0n) is 17.9. The molecule has 4 N–H and O–H groups in total. The zero-order valence-corrected chi connectivity index (χ0v) is 17.9. The Bertz CT molecular complexity index is 849. The van der Waals surface area contributed by atoms with Gasteiger partial charge >= 0.3 is 5.97 Å². The molecular formula is C22H29N3O6. The van der Waals surface area contributed by atoms with Crippen molar-refractivity contribution in [1.82, 2.24) is 16.0 Å². The summed E-state index contributed by atoms with van der Waals surface area (Å²) in [6.07, 6.45) is 0.330. The minimum absolute atomic E-state index is 0.162. The van der Waals surface area contributed by atoms with E-state index in [9.17, 15) is 24.3 Å². The van der Waals surface area contributed by atoms with Crippen molar-refractivity contribution in [3.8, 4) is 5.75 Å². The van der Waals surface area contributed by atoms with E-state index in [0.717, 1.165) is 5.56 Å². The van der Waals surface area contributed by atoms with Crippen LogP contribution in [0.5, 0.6) is 5.75 Å². The summed E-state index contributed by atoms with van der Waals surface area (Å²) >= 11 is 0. The Hall–Kier alpha value is -3.36. The third-order valence-electron chi connectivity index (χ3n) is 4.88. The van der Waals surface area contributed by atoms with Crippen LogP contribution in [0.25, 0.3) is 0 Å². The van der Waals surface area contributed by atoms with Crippen LogP contribution in [0.15, 0.2) is 36.5 Å². The predicted molar refractivity (Wildman–Crippen MR) is 113 cm³/mol. The average Bonchev–Trinajstić information content (AvgIpc) is 2.71. The molecule has 0 bridgehead atoms. The number of carbonyl (C=O) groups excluding carboxylic acids is 4. The summed E-state index contributed by atoms with van der Waals surface area (Å²) in [5.41, 5.74) is 0.730. The van der Waals surface area contributed by atoms with Gasteiger partial charge in [0.1, 0.15) is 17.8 Å². The van der Waals surface area contributed by atoms with Gasteiger partial charge in [-0.1, -0.05) is 32.6 Å². The lowest BCUT2D eigenvalue weighted by Gasteiger charge is -2.27. The fourth-order valence-electron chi connectivity index (χ4n) is 3.05. The molecule has 3 amide bonds. The first-order valence-corrected chi connectivity index (χ1v) is 10.2. The molecule has 31 heavy (non-hydrogen) atoms. The normalized spacial score (nSPS) is 23.2. The van der Waals surface area contributed by atoms with E-state index < -0.39 is 41.9 Å². The second-order valence-corrected chi connectivity index (χ2v) is 7.88. The fourth-order valence-corrected chi connectivity index (χ4v) is 3.05. The van der Waals surface area contributed by atoms with Crippen molar-refractivity contribution in [2.45, 2.75) is 58.2 Å². The summed E-state index contributed by atoms with van der Waals surface area (Å²) in [4.78, 5) is 50.0. The lowest BCUT2D eigenvalue weighted by Crippen LogP contribution is -2.54. The van der Waals surface area contributed by atoms with Crippen LogP contribution in [0.1, 0.15) is 39.2 Å². The third-order valence-corrected chi connectivity index (χ3v) is 4.88. The maximum Gasteiger partial charge on any atom is 0.329 e. The molecule has 1 aromatic rings. The van der Waals surface area contributed by atoms with E-state index in [2.05, 4.69) is 22.5 Å². The van der Waals surface area contributed by atoms with Crippen molar-refractivity contribution < 1.29 is 29.0 Å². The highest BCUT2D eigenvalue weighted by Crippen LogP contribution is 2.14. The molecule has 0 saturated carbocycles. The third kappa shape index (κ3) is 6.84. The molecule has 0 aromatic heterocycles. The Morgan fingerprint density at radius 1 is 1.06 bits per heavy atom. The van der Waals surface area contributed by atoms with Gasteiger partial charge in [-0.05, 0) is 49.8 Å². The summed E-state index contributed by atoms with van der Waals surface area (Å²) in [5.74, 6) is -2.82. The number of cyclic esters (lactones) is 1. The van der Waals surface area contributed by atoms with Gasteiger partial charge in [-0.25, -0.2) is 4.79 Å². The average molecular weight is 431 g/mol. The van der Waals surface area contributed by atoms with Gasteiger partial charge in [0.2, 0.25) is 5.91 Å². The van der Waals surface area contributed by atoms with Crippen LogP contribution in [0, 0.1) is 5.92 Å². The molecule has 0 spiro atoms. The molecule has 3 atom stereocenters. The van der Waals surface area contributed by atoms with Gasteiger partial charge in [0.15, 0.2) is 6.10 Å². The molecule has 1 unspecified atom stereocenters. The van der Waals surface area contributed by atoms with E-state index >= 15 is 0 Å². The minimum Gasteiger partial charge on any atom is -0.508 e. The number of hydrogen-bond acceptors (Lipinski definition) is 6. The molecule has 9 nitrogen and oxygen atoms in total. The lowest BCUT2D eigenvalue weighted by atomic mass is 10.0. The summed E-state index contributed by atoms with van der Waals surface area (Å²) in [6.45, 7) is 8.39. The number of rotatable bonds is 5. The predicted octanol–water partition coefficient (Wildman–Crippen LogP) is 0.916. The molecule has 0 radical (unpaired) electrons. The van der Waals surface area contributed by atoms with E-state index in [4.69, 9.17) is 4.74 Å². The number of nitrogens with one attached hydrogen (secondary N) is 3. The SMILES string of the molecule is C=C1NC(=O)[C@H](CCCc2ccc(O)cc2)NC(=O)C(C(C)C)OC(=O)[C@H](C)NC1=O. The van der Waals surface area contributed by atoms with Gasteiger partial charge in [-0.2, -0.15) is 0 Å². The molecule has 1 fully saturated rings. The van der Waals surface area contributed by atoms with E-state index in [1.165, 1.54) is 6.92 Å². The van der Waals surface area contributed by atoms with Crippen LogP contribution in [0.3, 0.4) is 0 Å². The molecule has 2 rings (SSSR count). The van der Waals surface area contributed by atoms with Gasteiger partial charge in [-0.15, -0.1) is 0 Å². The highest BCUT2D eigenvalue weighted by Gasteiger charge is 2.33. The topological polar surface area (TPSA) is 134 Å². The molecular weight excluding hydrogens is 402 g/mol. The van der Waals surface area contributed by atoms with E-state index in [-0.39, 0.29) is 23.8 Å². The molecule has 1 aliphatic heterocycles. The Balaban J connectivity index is 2.17. The van der Waals surface area contributed by atoms with Crippen LogP contribution in [0.4, 0.5) is 0 Å². The number of phenols is 1. The molecule has 1 heterocycles. The molecule has 1 aliphatic rings. The number of carbonyl (C=O) groups is 4. The first kappa shape index (κ1) is 23.9. The summed E-state index contributed by atoms with van der Waals surface area (Å²) in [5, 5.41) is 16.8. The molecule has 0 aliphatic carbocycles. The van der Waals surface area contributed by atoms with Crippen LogP contribution in [-0.4, -0.2) is 47.0 Å². The highest BCUT2D eigenvalue weighted by atomic mass is 16.5. The Labute approximate surface area is 181 Å². The monoisotopic (exact) mass is 431 g/mol. The molecule has 168 valence electrons. The number of aryl methyl sites for hydroxylation is 1. The quantitative estimate of drug-likeness (QED) is 0.405. The molecule has 1 saturated heterocycles. The summed E-state index contributed by atoms with van der Waals surface area (Å²) in [7, 11) is 0. The number of phenolic OH excluding ortho intramolecular Hbond substituents is 1. The van der Waals surface area contributed by atoms with Crippen molar-refractivity contribution in [3.63, 3.8) is 0 Å². The highest BCUT2D eigenvalue weighted by molar-refractivity contribution is 6.01. The van der Waals surface area contributed by atoms with Crippen LogP contribution in [-0.2, 0) is 30.3 Å². The lowest BCUT2D eigenvalue weighted by molar-refractivity contribution is -0.161. The van der Waals surface area contributed by atoms with Crippen molar-refractivity contribution >= 4 is 23.7 Å². The van der Waals surface area contributed by atoms with E-state index in [1.54, 1.807) is 38.1 Å². The molecule has 9 heteroatoms. The number of benzene rings is 1. The second kappa shape index (κ2) is 10.6. The van der Waals surface area contributed by atoms with Gasteiger partial charge in [0.05, 0.1) is 5.70 Å².